The number of aliphatic imine (C=N–C) groups is 1. The van der Waals surface area contributed by atoms with Gasteiger partial charge in [0.1, 0.15) is 0 Å². The van der Waals surface area contributed by atoms with Gasteiger partial charge in [0.15, 0.2) is 5.96 Å². The molecule has 0 aromatic heterocycles. The first kappa shape index (κ1) is 25.3. The highest BCUT2D eigenvalue weighted by Gasteiger charge is 2.38. The van der Waals surface area contributed by atoms with E-state index in [1.54, 1.807) is 18.2 Å². The Morgan fingerprint density at radius 1 is 1.19 bits per heavy atom. The maximum absolute atomic E-state index is 12.9. The second-order valence-electron chi connectivity index (χ2n) is 7.53. The van der Waals surface area contributed by atoms with E-state index in [0.717, 1.165) is 0 Å². The third-order valence-electron chi connectivity index (χ3n) is 5.08. The van der Waals surface area contributed by atoms with Crippen LogP contribution in [0.5, 0.6) is 0 Å². The van der Waals surface area contributed by atoms with Crippen molar-refractivity contribution in [3.8, 4) is 0 Å². The number of hydrogen-bond donors (Lipinski definition) is 4. The van der Waals surface area contributed by atoms with E-state index < -0.39 is 34.1 Å². The highest BCUT2D eigenvalue weighted by Crippen LogP contribution is 2.27. The molecule has 1 aromatic rings. The first-order valence-electron chi connectivity index (χ1n) is 10.4. The summed E-state index contributed by atoms with van der Waals surface area (Å²) in [6.45, 7) is 5.28. The van der Waals surface area contributed by atoms with Crippen LogP contribution < -0.4 is 21.5 Å². The van der Waals surface area contributed by atoms with Crippen molar-refractivity contribution in [2.45, 2.75) is 69.2 Å². The molecule has 0 bridgehead atoms. The number of hydrogen-bond acceptors (Lipinski definition) is 6. The van der Waals surface area contributed by atoms with Crippen molar-refractivity contribution in [1.82, 2.24) is 10.0 Å². The highest BCUT2D eigenvalue weighted by molar-refractivity contribution is 7.90. The normalized spacial score (nSPS) is 20.9. The Morgan fingerprint density at radius 3 is 2.34 bits per heavy atom. The molecule has 0 saturated heterocycles. The van der Waals surface area contributed by atoms with Gasteiger partial charge in [0, 0.05) is 18.9 Å². The van der Waals surface area contributed by atoms with Gasteiger partial charge in [0.2, 0.25) is 5.91 Å². The molecular weight excluding hydrogens is 434 g/mol. The Morgan fingerprint density at radius 2 is 1.81 bits per heavy atom. The number of nitrogens with zero attached hydrogens (tertiary/aromatic N) is 1. The van der Waals surface area contributed by atoms with Crippen LogP contribution in [0.2, 0.25) is 0 Å². The van der Waals surface area contributed by atoms with Crippen molar-refractivity contribution in [1.29, 1.82) is 0 Å². The fraction of sp³-hybridized carbons (Fsp3) is 0.476. The lowest BCUT2D eigenvalue weighted by molar-refractivity contribution is -0.121. The van der Waals surface area contributed by atoms with Gasteiger partial charge in [-0.1, -0.05) is 32.0 Å². The van der Waals surface area contributed by atoms with Gasteiger partial charge in [-0.2, -0.15) is 0 Å². The molecule has 2 amide bonds. The molecule has 32 heavy (non-hydrogen) atoms. The summed E-state index contributed by atoms with van der Waals surface area (Å²) < 4.78 is 33.4. The van der Waals surface area contributed by atoms with Crippen LogP contribution in [0.3, 0.4) is 0 Å². The van der Waals surface area contributed by atoms with Crippen molar-refractivity contribution in [3.63, 3.8) is 0 Å². The minimum Gasteiger partial charge on any atom is -0.370 e. The molecule has 1 aliphatic carbocycles. The number of benzene rings is 1. The first-order valence-corrected chi connectivity index (χ1v) is 11.9. The van der Waals surface area contributed by atoms with E-state index in [0.29, 0.717) is 12.8 Å². The van der Waals surface area contributed by atoms with Gasteiger partial charge in [-0.15, -0.1) is 0 Å². The van der Waals surface area contributed by atoms with Crippen LogP contribution in [0.1, 0.15) is 40.0 Å². The summed E-state index contributed by atoms with van der Waals surface area (Å²) in [4.78, 5) is 28.9. The molecule has 11 heteroatoms. The third kappa shape index (κ3) is 6.79. The van der Waals surface area contributed by atoms with E-state index in [9.17, 15) is 18.0 Å². The average molecular weight is 466 g/mol. The van der Waals surface area contributed by atoms with E-state index in [2.05, 4.69) is 15.0 Å². The van der Waals surface area contributed by atoms with Crippen LogP contribution in [0, 0.1) is 0 Å². The zero-order valence-electron chi connectivity index (χ0n) is 18.4. The lowest BCUT2D eigenvalue weighted by Crippen LogP contribution is -2.54. The third-order valence-corrected chi connectivity index (χ3v) is 6.43. The first-order chi connectivity index (χ1) is 15.1. The van der Waals surface area contributed by atoms with Crippen LogP contribution in [0.15, 0.2) is 51.9 Å². The van der Waals surface area contributed by atoms with Crippen LogP contribution in [-0.4, -0.2) is 50.5 Å². The minimum atomic E-state index is -4.07. The Bertz CT molecular complexity index is 970. The minimum absolute atomic E-state index is 0.0156. The summed E-state index contributed by atoms with van der Waals surface area (Å²) in [6.07, 6.45) is 2.11. The Balaban J connectivity index is 2.40. The fourth-order valence-electron chi connectivity index (χ4n) is 3.51. The van der Waals surface area contributed by atoms with Gasteiger partial charge < -0.3 is 21.5 Å². The fourth-order valence-corrected chi connectivity index (χ4v) is 4.52. The zero-order chi connectivity index (χ0) is 23.9. The van der Waals surface area contributed by atoms with E-state index in [1.165, 1.54) is 25.1 Å². The van der Waals surface area contributed by atoms with Gasteiger partial charge in [0.05, 0.1) is 29.2 Å². The van der Waals surface area contributed by atoms with E-state index in [4.69, 9.17) is 16.2 Å². The second kappa shape index (κ2) is 11.1. The van der Waals surface area contributed by atoms with Crippen molar-refractivity contribution in [2.24, 2.45) is 16.5 Å². The maximum atomic E-state index is 12.9. The summed E-state index contributed by atoms with van der Waals surface area (Å²) >= 11 is 0. The summed E-state index contributed by atoms with van der Waals surface area (Å²) in [7, 11) is -4.07. The van der Waals surface area contributed by atoms with Crippen molar-refractivity contribution < 1.29 is 22.7 Å². The largest absolute Gasteiger partial charge is 0.370 e. The summed E-state index contributed by atoms with van der Waals surface area (Å²) in [5.74, 6) is -1.33. The van der Waals surface area contributed by atoms with E-state index in [1.807, 2.05) is 13.8 Å². The number of sulfonamides is 1. The predicted molar refractivity (Wildman–Crippen MR) is 121 cm³/mol. The van der Waals surface area contributed by atoms with Crippen molar-refractivity contribution >= 4 is 27.8 Å². The molecule has 0 radical (unpaired) electrons. The molecule has 0 saturated carbocycles. The summed E-state index contributed by atoms with van der Waals surface area (Å²) in [6, 6.07) is 6.23. The number of rotatable bonds is 9. The van der Waals surface area contributed by atoms with Crippen molar-refractivity contribution in [2.75, 3.05) is 0 Å². The summed E-state index contributed by atoms with van der Waals surface area (Å²) in [5, 5.41) is 2.80. The van der Waals surface area contributed by atoms with Crippen LogP contribution >= 0.6 is 0 Å². The molecule has 0 heterocycles. The maximum Gasteiger partial charge on any atom is 0.264 e. The summed E-state index contributed by atoms with van der Waals surface area (Å²) in [5.41, 5.74) is 11.3. The number of carbonyl (C=O) groups excluding carboxylic acids is 2. The number of nitrogens with two attached hydrogens (primary N) is 2. The molecule has 3 atom stereocenters. The number of nitrogens with one attached hydrogen (secondary N) is 2. The van der Waals surface area contributed by atoms with Gasteiger partial charge >= 0.3 is 0 Å². The van der Waals surface area contributed by atoms with Gasteiger partial charge in [0.25, 0.3) is 15.9 Å². The lowest BCUT2D eigenvalue weighted by atomic mass is 9.87. The lowest BCUT2D eigenvalue weighted by Gasteiger charge is -2.36. The number of ether oxygens (including phenoxy) is 1. The van der Waals surface area contributed by atoms with Gasteiger partial charge in [-0.3, -0.25) is 9.59 Å². The van der Waals surface area contributed by atoms with E-state index in [-0.39, 0.29) is 34.9 Å². The Labute approximate surface area is 188 Å². The Kier molecular flexibility index (Phi) is 8.79. The van der Waals surface area contributed by atoms with Gasteiger partial charge in [-0.25, -0.2) is 18.1 Å². The molecule has 0 unspecified atom stereocenters. The second-order valence-corrected chi connectivity index (χ2v) is 9.21. The molecule has 0 aliphatic heterocycles. The number of amides is 2. The molecule has 1 aromatic carbocycles. The monoisotopic (exact) mass is 465 g/mol. The molecule has 0 spiro atoms. The van der Waals surface area contributed by atoms with Gasteiger partial charge in [-0.05, 0) is 31.1 Å². The molecule has 10 nitrogen and oxygen atoms in total. The molecule has 176 valence electrons. The average Bonchev–Trinajstić information content (AvgIpc) is 2.73. The number of guanidine groups is 1. The number of carbonyl (C=O) groups is 2. The predicted octanol–water partition coefficient (Wildman–Crippen LogP) is 0.542. The SMILES string of the molecule is CCC(CC)O[C@@H]1C=C(C(=O)NS(=O)(=O)c2ccccc2)C[C@H](N=C(N)N)[C@H]1NC(C)=O. The topological polar surface area (TPSA) is 166 Å². The molecule has 1 aliphatic rings. The molecular formula is C21H31N5O5S. The molecule has 2 rings (SSSR count). The van der Waals surface area contributed by atoms with Crippen molar-refractivity contribution in [3.05, 3.63) is 42.0 Å². The van der Waals surface area contributed by atoms with E-state index >= 15 is 0 Å². The van der Waals surface area contributed by atoms with Crippen LogP contribution in [0.4, 0.5) is 0 Å². The smallest absolute Gasteiger partial charge is 0.264 e. The zero-order valence-corrected chi connectivity index (χ0v) is 19.3. The standard InChI is InChI=1S/C21H31N5O5S/c1-4-15(5-2)31-18-12-14(11-17(25-21(22)23)19(18)24-13(3)27)20(28)26-32(29,30)16-9-7-6-8-10-16/h6-10,12,15,17-19H,4-5,11H2,1-3H3,(H,24,27)(H,26,28)(H4,22,23,25)/t17-,18+,19+/m0/s1. The molecule has 0 fully saturated rings. The Hall–Kier alpha value is -2.92. The highest BCUT2D eigenvalue weighted by atomic mass is 32.2. The molecule has 6 N–H and O–H groups in total. The van der Waals surface area contributed by atoms with Crippen LogP contribution in [0.25, 0.3) is 0 Å². The van der Waals surface area contributed by atoms with Crippen LogP contribution in [-0.2, 0) is 24.3 Å². The quantitative estimate of drug-likeness (QED) is 0.305.